The van der Waals surface area contributed by atoms with Gasteiger partial charge in [-0.2, -0.15) is 0 Å². The summed E-state index contributed by atoms with van der Waals surface area (Å²) < 4.78 is 14.5. The van der Waals surface area contributed by atoms with Gasteiger partial charge >= 0.3 is 0 Å². The first-order chi connectivity index (χ1) is 8.22. The molecular formula is C12H16BrFN2O. The summed E-state index contributed by atoms with van der Waals surface area (Å²) in [7, 11) is 0. The van der Waals surface area contributed by atoms with Crippen molar-refractivity contribution in [3.63, 3.8) is 0 Å². The molecule has 0 radical (unpaired) electrons. The summed E-state index contributed by atoms with van der Waals surface area (Å²) in [5.41, 5.74) is 0. The van der Waals surface area contributed by atoms with Crippen LogP contribution in [0.4, 0.5) is 10.2 Å². The predicted octanol–water partition coefficient (Wildman–Crippen LogP) is 2.72. The van der Waals surface area contributed by atoms with Crippen molar-refractivity contribution in [1.29, 1.82) is 0 Å². The first-order valence-corrected chi connectivity index (χ1v) is 6.70. The number of rotatable bonds is 4. The Morgan fingerprint density at radius 2 is 2.41 bits per heavy atom. The van der Waals surface area contributed by atoms with E-state index in [0.29, 0.717) is 16.3 Å². The Balaban J connectivity index is 2.14. The molecule has 1 aromatic heterocycles. The van der Waals surface area contributed by atoms with Crippen LogP contribution in [0.1, 0.15) is 25.7 Å². The summed E-state index contributed by atoms with van der Waals surface area (Å²) in [6, 6.07) is 1.76. The Morgan fingerprint density at radius 3 is 3.12 bits per heavy atom. The van der Waals surface area contributed by atoms with Crippen LogP contribution in [-0.2, 0) is 0 Å². The number of aromatic nitrogens is 1. The van der Waals surface area contributed by atoms with E-state index in [1.165, 1.54) is 6.07 Å². The first kappa shape index (κ1) is 12.8. The second-order valence-corrected chi connectivity index (χ2v) is 5.23. The van der Waals surface area contributed by atoms with Crippen LogP contribution in [0.25, 0.3) is 0 Å². The van der Waals surface area contributed by atoms with Crippen molar-refractivity contribution in [3.8, 4) is 0 Å². The molecule has 0 aliphatic carbocycles. The number of nitrogens with zero attached hydrogens (tertiary/aromatic N) is 2. The number of halogens is 2. The molecule has 2 heterocycles. The molecule has 1 saturated heterocycles. The number of aliphatic hydroxyl groups excluding tert-OH is 1. The largest absolute Gasteiger partial charge is 0.396 e. The number of aliphatic hydroxyl groups is 1. The normalized spacial score (nSPS) is 19.9. The topological polar surface area (TPSA) is 36.4 Å². The van der Waals surface area contributed by atoms with Crippen LogP contribution < -0.4 is 4.90 Å². The average molecular weight is 303 g/mol. The van der Waals surface area contributed by atoms with E-state index in [9.17, 15) is 4.39 Å². The Kier molecular flexibility index (Phi) is 4.34. The quantitative estimate of drug-likeness (QED) is 0.929. The zero-order valence-electron chi connectivity index (χ0n) is 9.57. The van der Waals surface area contributed by atoms with Gasteiger partial charge in [0, 0.05) is 29.9 Å². The molecular weight excluding hydrogens is 287 g/mol. The fourth-order valence-corrected chi connectivity index (χ4v) is 2.66. The van der Waals surface area contributed by atoms with Gasteiger partial charge in [0.25, 0.3) is 0 Å². The zero-order valence-corrected chi connectivity index (χ0v) is 11.2. The molecule has 1 aliphatic heterocycles. The van der Waals surface area contributed by atoms with Gasteiger partial charge in [0.2, 0.25) is 0 Å². The van der Waals surface area contributed by atoms with Crippen LogP contribution in [0.3, 0.4) is 0 Å². The summed E-state index contributed by atoms with van der Waals surface area (Å²) >= 11 is 3.21. The summed E-state index contributed by atoms with van der Waals surface area (Å²) in [5.74, 6) is 0.156. The minimum Gasteiger partial charge on any atom is -0.396 e. The highest BCUT2D eigenvalue weighted by Gasteiger charge is 2.27. The summed E-state index contributed by atoms with van der Waals surface area (Å²) in [6.45, 7) is 1.04. The fraction of sp³-hybridized carbons (Fsp3) is 0.583. The van der Waals surface area contributed by atoms with Gasteiger partial charge in [0.15, 0.2) is 11.6 Å². The van der Waals surface area contributed by atoms with Crippen molar-refractivity contribution in [2.75, 3.05) is 18.1 Å². The molecule has 0 saturated carbocycles. The van der Waals surface area contributed by atoms with E-state index >= 15 is 0 Å². The summed E-state index contributed by atoms with van der Waals surface area (Å²) in [5, 5.41) is 8.86. The third-order valence-corrected chi connectivity index (χ3v) is 3.57. The molecule has 0 amide bonds. The number of pyridine rings is 1. The van der Waals surface area contributed by atoms with Crippen LogP contribution in [0.15, 0.2) is 16.7 Å². The van der Waals surface area contributed by atoms with Crippen molar-refractivity contribution >= 4 is 21.7 Å². The van der Waals surface area contributed by atoms with Gasteiger partial charge in [-0.1, -0.05) is 0 Å². The Hall–Kier alpha value is -0.680. The maximum absolute atomic E-state index is 13.8. The van der Waals surface area contributed by atoms with Crippen molar-refractivity contribution < 1.29 is 9.50 Å². The van der Waals surface area contributed by atoms with Gasteiger partial charge in [-0.15, -0.1) is 0 Å². The lowest BCUT2D eigenvalue weighted by Gasteiger charge is -2.25. The van der Waals surface area contributed by atoms with Crippen LogP contribution in [-0.4, -0.2) is 29.3 Å². The van der Waals surface area contributed by atoms with Crippen molar-refractivity contribution in [3.05, 3.63) is 22.6 Å². The van der Waals surface area contributed by atoms with Crippen molar-refractivity contribution in [1.82, 2.24) is 4.98 Å². The first-order valence-electron chi connectivity index (χ1n) is 5.91. The zero-order chi connectivity index (χ0) is 12.3. The number of hydrogen-bond donors (Lipinski definition) is 1. The Bertz CT molecular complexity index is 389. The minimum absolute atomic E-state index is 0.195. The fourth-order valence-electron chi connectivity index (χ4n) is 2.36. The molecule has 1 aliphatic rings. The summed E-state index contributed by atoms with van der Waals surface area (Å²) in [6.07, 6.45) is 5.40. The smallest absolute Gasteiger partial charge is 0.166 e. The van der Waals surface area contributed by atoms with Crippen molar-refractivity contribution in [2.45, 2.75) is 31.7 Å². The predicted molar refractivity (Wildman–Crippen MR) is 68.6 cm³/mol. The number of anilines is 1. The molecule has 3 nitrogen and oxygen atoms in total. The molecule has 5 heteroatoms. The molecule has 2 rings (SSSR count). The van der Waals surface area contributed by atoms with Crippen LogP contribution >= 0.6 is 15.9 Å². The van der Waals surface area contributed by atoms with Gasteiger partial charge < -0.3 is 10.0 Å². The monoisotopic (exact) mass is 302 g/mol. The molecule has 94 valence electrons. The lowest BCUT2D eigenvalue weighted by molar-refractivity contribution is 0.279. The van der Waals surface area contributed by atoms with E-state index in [0.717, 1.165) is 32.2 Å². The highest BCUT2D eigenvalue weighted by Crippen LogP contribution is 2.29. The Labute approximate surface area is 109 Å². The van der Waals surface area contributed by atoms with Crippen LogP contribution in [0.2, 0.25) is 0 Å². The van der Waals surface area contributed by atoms with Crippen molar-refractivity contribution in [2.24, 2.45) is 0 Å². The van der Waals surface area contributed by atoms with Gasteiger partial charge in [-0.05, 0) is 47.7 Å². The van der Waals surface area contributed by atoms with Gasteiger partial charge in [0.05, 0.1) is 0 Å². The molecule has 1 aromatic rings. The van der Waals surface area contributed by atoms with E-state index in [1.54, 1.807) is 6.20 Å². The molecule has 0 aromatic carbocycles. The Morgan fingerprint density at radius 1 is 1.59 bits per heavy atom. The molecule has 1 atom stereocenters. The van der Waals surface area contributed by atoms with Gasteiger partial charge in [0.1, 0.15) is 0 Å². The van der Waals surface area contributed by atoms with E-state index in [4.69, 9.17) is 5.11 Å². The maximum Gasteiger partial charge on any atom is 0.166 e. The van der Waals surface area contributed by atoms with E-state index < -0.39 is 0 Å². The molecule has 1 unspecified atom stereocenters. The third-order valence-electron chi connectivity index (χ3n) is 3.13. The minimum atomic E-state index is -0.282. The standard InChI is InChI=1S/C12H16BrFN2O/c13-9-7-11(14)12(15-8-9)16-5-1-3-10(16)4-2-6-17/h7-8,10,17H,1-6H2. The lowest BCUT2D eigenvalue weighted by atomic mass is 10.1. The summed E-state index contributed by atoms with van der Waals surface area (Å²) in [4.78, 5) is 6.18. The molecule has 1 fully saturated rings. The lowest BCUT2D eigenvalue weighted by Crippen LogP contribution is -2.30. The average Bonchev–Trinajstić information content (AvgIpc) is 2.74. The van der Waals surface area contributed by atoms with Crippen LogP contribution in [0.5, 0.6) is 0 Å². The maximum atomic E-state index is 13.8. The molecule has 0 bridgehead atoms. The van der Waals surface area contributed by atoms with E-state index in [-0.39, 0.29) is 12.4 Å². The highest BCUT2D eigenvalue weighted by atomic mass is 79.9. The van der Waals surface area contributed by atoms with Gasteiger partial charge in [-0.3, -0.25) is 0 Å². The third kappa shape index (κ3) is 2.96. The molecule has 0 spiro atoms. The van der Waals surface area contributed by atoms with E-state index in [1.807, 2.05) is 4.90 Å². The molecule has 17 heavy (non-hydrogen) atoms. The second-order valence-electron chi connectivity index (χ2n) is 4.31. The SMILES string of the molecule is OCCCC1CCCN1c1ncc(Br)cc1F. The van der Waals surface area contributed by atoms with Crippen LogP contribution in [0, 0.1) is 5.82 Å². The van der Waals surface area contributed by atoms with E-state index in [2.05, 4.69) is 20.9 Å². The highest BCUT2D eigenvalue weighted by molar-refractivity contribution is 9.10. The van der Waals surface area contributed by atoms with Gasteiger partial charge in [-0.25, -0.2) is 9.37 Å². The second kappa shape index (κ2) is 5.78. The number of hydrogen-bond acceptors (Lipinski definition) is 3. The molecule has 1 N–H and O–H groups in total.